The van der Waals surface area contributed by atoms with Gasteiger partial charge in [-0.2, -0.15) is 0 Å². The number of amides is 1. The topological polar surface area (TPSA) is 59.0 Å². The lowest BCUT2D eigenvalue weighted by molar-refractivity contribution is -0.155. The van der Waals surface area contributed by atoms with E-state index in [9.17, 15) is 14.3 Å². The number of likely N-dealkylation sites (tertiary alicyclic amines) is 1. The lowest BCUT2D eigenvalue weighted by atomic mass is 9.74. The second kappa shape index (κ2) is 7.33. The van der Waals surface area contributed by atoms with E-state index < -0.39 is 5.60 Å². The number of halogens is 1. The van der Waals surface area contributed by atoms with Gasteiger partial charge in [-0.3, -0.25) is 4.79 Å². The number of benzene rings is 1. The fraction of sp³-hybridized carbons (Fsp3) is 0.696. The molecule has 3 aliphatic heterocycles. The van der Waals surface area contributed by atoms with Crippen molar-refractivity contribution in [1.29, 1.82) is 0 Å². The van der Waals surface area contributed by atoms with Crippen LogP contribution >= 0.6 is 0 Å². The Hall–Kier alpha value is -1.50. The SMILES string of the molecule is CC(C)(O)[C@@H]1CC[C@](C)([C@@H]2CC3(CCN(C(=O)c4cccc(F)c4)CC3)CO2)O1. The summed E-state index contributed by atoms with van der Waals surface area (Å²) in [5.74, 6) is -0.487. The molecule has 4 rings (SSSR count). The molecule has 1 N–H and O–H groups in total. The summed E-state index contributed by atoms with van der Waals surface area (Å²) in [6.07, 6.45) is 4.25. The minimum absolute atomic E-state index is 0.0142. The zero-order valence-electron chi connectivity index (χ0n) is 17.6. The molecule has 0 unspecified atom stereocenters. The Morgan fingerprint density at radius 3 is 2.62 bits per heavy atom. The molecule has 0 radical (unpaired) electrons. The molecular formula is C23H32FNO4. The molecule has 3 atom stereocenters. The van der Waals surface area contributed by atoms with Crippen molar-refractivity contribution in [2.24, 2.45) is 5.41 Å². The molecule has 3 aliphatic rings. The first kappa shape index (κ1) is 20.8. The monoisotopic (exact) mass is 405 g/mol. The Morgan fingerprint density at radius 1 is 1.28 bits per heavy atom. The third-order valence-electron chi connectivity index (χ3n) is 7.18. The van der Waals surface area contributed by atoms with Crippen LogP contribution in [0.5, 0.6) is 0 Å². The fourth-order valence-corrected chi connectivity index (χ4v) is 5.11. The van der Waals surface area contributed by atoms with Crippen LogP contribution in [0.4, 0.5) is 4.39 Å². The number of hydrogen-bond acceptors (Lipinski definition) is 4. The maximum absolute atomic E-state index is 13.4. The molecule has 0 aromatic heterocycles. The predicted molar refractivity (Wildman–Crippen MR) is 107 cm³/mol. The third-order valence-corrected chi connectivity index (χ3v) is 7.18. The molecule has 0 aliphatic carbocycles. The van der Waals surface area contributed by atoms with Gasteiger partial charge in [0.25, 0.3) is 5.91 Å². The van der Waals surface area contributed by atoms with Gasteiger partial charge in [0, 0.05) is 18.7 Å². The number of carbonyl (C=O) groups is 1. The van der Waals surface area contributed by atoms with E-state index in [0.29, 0.717) is 25.3 Å². The van der Waals surface area contributed by atoms with Gasteiger partial charge in [0.1, 0.15) is 5.82 Å². The van der Waals surface area contributed by atoms with E-state index in [0.717, 1.165) is 32.1 Å². The number of piperidine rings is 1. The minimum Gasteiger partial charge on any atom is -0.388 e. The highest BCUT2D eigenvalue weighted by molar-refractivity contribution is 5.94. The maximum atomic E-state index is 13.4. The standard InChI is InChI=1S/C23H32FNO4/c1-21(2,27)18-7-8-22(3,29-18)19-14-23(15-28-19)9-11-25(12-10-23)20(26)16-5-4-6-17(24)13-16/h4-6,13,18-19,27H,7-12,14-15H2,1-3H3/t18-,19-,22+/m0/s1. The van der Waals surface area contributed by atoms with Crippen molar-refractivity contribution in [3.8, 4) is 0 Å². The number of nitrogens with zero attached hydrogens (tertiary/aromatic N) is 1. The number of hydrogen-bond donors (Lipinski definition) is 1. The predicted octanol–water partition coefficient (Wildman–Crippen LogP) is 3.55. The van der Waals surface area contributed by atoms with Crippen molar-refractivity contribution >= 4 is 5.91 Å². The molecule has 5 nitrogen and oxygen atoms in total. The molecule has 1 aromatic rings. The highest BCUT2D eigenvalue weighted by Gasteiger charge is 2.53. The smallest absolute Gasteiger partial charge is 0.253 e. The maximum Gasteiger partial charge on any atom is 0.253 e. The van der Waals surface area contributed by atoms with Crippen molar-refractivity contribution in [3.63, 3.8) is 0 Å². The molecule has 1 amide bonds. The second-order valence-electron chi connectivity index (χ2n) is 9.92. The summed E-state index contributed by atoms with van der Waals surface area (Å²) < 4.78 is 26.0. The summed E-state index contributed by atoms with van der Waals surface area (Å²) in [6, 6.07) is 5.90. The van der Waals surface area contributed by atoms with Crippen LogP contribution in [-0.4, -0.2) is 59.0 Å². The number of rotatable bonds is 3. The lowest BCUT2D eigenvalue weighted by Crippen LogP contribution is -2.45. The number of ether oxygens (including phenoxy) is 2. The summed E-state index contributed by atoms with van der Waals surface area (Å²) in [5.41, 5.74) is -0.743. The van der Waals surface area contributed by atoms with Gasteiger partial charge in [0.15, 0.2) is 0 Å². The van der Waals surface area contributed by atoms with Crippen molar-refractivity contribution in [1.82, 2.24) is 4.90 Å². The first-order valence-corrected chi connectivity index (χ1v) is 10.7. The Labute approximate surface area is 172 Å². The average molecular weight is 406 g/mol. The highest BCUT2D eigenvalue weighted by atomic mass is 19.1. The third kappa shape index (κ3) is 4.07. The first-order chi connectivity index (χ1) is 13.6. The molecule has 1 spiro atoms. The van der Waals surface area contributed by atoms with E-state index in [1.54, 1.807) is 26.0 Å². The zero-order valence-corrected chi connectivity index (χ0v) is 17.6. The minimum atomic E-state index is -0.851. The first-order valence-electron chi connectivity index (χ1n) is 10.7. The van der Waals surface area contributed by atoms with Crippen molar-refractivity contribution in [2.45, 2.75) is 76.3 Å². The summed E-state index contributed by atoms with van der Waals surface area (Å²) in [6.45, 7) is 7.71. The van der Waals surface area contributed by atoms with E-state index in [4.69, 9.17) is 9.47 Å². The Bertz CT molecular complexity index is 768. The van der Waals surface area contributed by atoms with Crippen LogP contribution in [0.1, 0.15) is 63.2 Å². The molecule has 160 valence electrons. The van der Waals surface area contributed by atoms with E-state index >= 15 is 0 Å². The molecular weight excluding hydrogens is 373 g/mol. The van der Waals surface area contributed by atoms with Gasteiger partial charge in [-0.15, -0.1) is 0 Å². The normalized spacial score (nSPS) is 32.1. The summed E-state index contributed by atoms with van der Waals surface area (Å²) in [7, 11) is 0. The van der Waals surface area contributed by atoms with Gasteiger partial charge < -0.3 is 19.5 Å². The van der Waals surface area contributed by atoms with Gasteiger partial charge >= 0.3 is 0 Å². The van der Waals surface area contributed by atoms with E-state index in [-0.39, 0.29) is 34.9 Å². The molecule has 6 heteroatoms. The van der Waals surface area contributed by atoms with E-state index in [1.807, 2.05) is 4.90 Å². The Balaban J connectivity index is 1.36. The Morgan fingerprint density at radius 2 is 2.00 bits per heavy atom. The average Bonchev–Trinajstić information content (AvgIpc) is 3.27. The van der Waals surface area contributed by atoms with E-state index in [1.165, 1.54) is 12.1 Å². The number of aliphatic hydroxyl groups is 1. The molecule has 3 fully saturated rings. The van der Waals surface area contributed by atoms with Gasteiger partial charge in [0.05, 0.1) is 30.0 Å². The van der Waals surface area contributed by atoms with Crippen LogP contribution < -0.4 is 0 Å². The van der Waals surface area contributed by atoms with Crippen LogP contribution in [0.3, 0.4) is 0 Å². The van der Waals surface area contributed by atoms with E-state index in [2.05, 4.69) is 6.92 Å². The van der Waals surface area contributed by atoms with Crippen LogP contribution in [0, 0.1) is 11.2 Å². The summed E-state index contributed by atoms with van der Waals surface area (Å²) in [5, 5.41) is 10.3. The number of carbonyl (C=O) groups excluding carboxylic acids is 1. The molecule has 0 saturated carbocycles. The lowest BCUT2D eigenvalue weighted by Gasteiger charge is -2.39. The Kier molecular flexibility index (Phi) is 5.24. The molecule has 1 aromatic carbocycles. The van der Waals surface area contributed by atoms with Crippen LogP contribution in [0.15, 0.2) is 24.3 Å². The summed E-state index contributed by atoms with van der Waals surface area (Å²) in [4.78, 5) is 14.5. The molecule has 3 saturated heterocycles. The molecule has 3 heterocycles. The highest BCUT2D eigenvalue weighted by Crippen LogP contribution is 2.49. The quantitative estimate of drug-likeness (QED) is 0.836. The van der Waals surface area contributed by atoms with Crippen LogP contribution in [-0.2, 0) is 9.47 Å². The van der Waals surface area contributed by atoms with Crippen molar-refractivity contribution < 1.29 is 23.8 Å². The molecule has 29 heavy (non-hydrogen) atoms. The zero-order chi connectivity index (χ0) is 20.9. The largest absolute Gasteiger partial charge is 0.388 e. The van der Waals surface area contributed by atoms with Gasteiger partial charge in [-0.1, -0.05) is 6.07 Å². The van der Waals surface area contributed by atoms with Crippen LogP contribution in [0.25, 0.3) is 0 Å². The van der Waals surface area contributed by atoms with Gasteiger partial charge in [0.2, 0.25) is 0 Å². The summed E-state index contributed by atoms with van der Waals surface area (Å²) >= 11 is 0. The van der Waals surface area contributed by atoms with Crippen molar-refractivity contribution in [3.05, 3.63) is 35.6 Å². The fourth-order valence-electron chi connectivity index (χ4n) is 5.11. The van der Waals surface area contributed by atoms with Gasteiger partial charge in [-0.25, -0.2) is 4.39 Å². The van der Waals surface area contributed by atoms with Crippen LogP contribution in [0.2, 0.25) is 0 Å². The molecule has 0 bridgehead atoms. The second-order valence-corrected chi connectivity index (χ2v) is 9.92. The van der Waals surface area contributed by atoms with Crippen molar-refractivity contribution in [2.75, 3.05) is 19.7 Å². The van der Waals surface area contributed by atoms with Gasteiger partial charge in [-0.05, 0) is 76.5 Å².